The number of nitrogens with one attached hydrogen (secondary N) is 2. The summed E-state index contributed by atoms with van der Waals surface area (Å²) in [6, 6.07) is -0.139. The Balaban J connectivity index is 1.40. The van der Waals surface area contributed by atoms with Gasteiger partial charge in [-0.25, -0.2) is 13.1 Å². The summed E-state index contributed by atoms with van der Waals surface area (Å²) >= 11 is 0. The van der Waals surface area contributed by atoms with E-state index in [1.54, 1.807) is 0 Å². The van der Waals surface area contributed by atoms with Gasteiger partial charge < -0.3 is 10.4 Å². The number of hydrogen-bond acceptors (Lipinski definition) is 4. The summed E-state index contributed by atoms with van der Waals surface area (Å²) < 4.78 is 29.4. The molecule has 6 unspecified atom stereocenters. The minimum atomic E-state index is -3.59. The molecule has 0 aromatic rings. The van der Waals surface area contributed by atoms with Gasteiger partial charge in [-0.1, -0.05) is 12.8 Å². The molecule has 0 aliphatic heterocycles. The number of carboxylic acids is 1. The van der Waals surface area contributed by atoms with Crippen LogP contribution < -0.4 is 10.0 Å². The second kappa shape index (κ2) is 7.94. The third-order valence-corrected chi connectivity index (χ3v) is 9.35. The van der Waals surface area contributed by atoms with Gasteiger partial charge in [-0.15, -0.1) is 0 Å². The van der Waals surface area contributed by atoms with Gasteiger partial charge in [0.1, 0.15) is 0 Å². The number of carbonyl (C=O) groups excluding carboxylic acids is 1. The summed E-state index contributed by atoms with van der Waals surface area (Å²) in [7, 11) is -3.59. The smallest absolute Gasteiger partial charge is 0.306 e. The Labute approximate surface area is 167 Å². The molecule has 4 rings (SSSR count). The van der Waals surface area contributed by atoms with Gasteiger partial charge in [-0.2, -0.15) is 0 Å². The third kappa shape index (κ3) is 4.37. The molecule has 6 atom stereocenters. The summed E-state index contributed by atoms with van der Waals surface area (Å²) in [5.74, 6) is -0.857. The van der Waals surface area contributed by atoms with E-state index in [9.17, 15) is 23.1 Å². The molecule has 1 amide bonds. The molecule has 0 radical (unpaired) electrons. The molecule has 158 valence electrons. The molecule has 28 heavy (non-hydrogen) atoms. The van der Waals surface area contributed by atoms with Crippen LogP contribution in [0.15, 0.2) is 0 Å². The van der Waals surface area contributed by atoms with Crippen LogP contribution in [0.2, 0.25) is 0 Å². The van der Waals surface area contributed by atoms with E-state index >= 15 is 0 Å². The molecule has 0 saturated heterocycles. The van der Waals surface area contributed by atoms with E-state index in [-0.39, 0.29) is 42.2 Å². The van der Waals surface area contributed by atoms with Gasteiger partial charge in [0.05, 0.1) is 11.2 Å². The number of rotatable bonds is 6. The van der Waals surface area contributed by atoms with E-state index in [0.29, 0.717) is 12.8 Å². The fraction of sp³-hybridized carbons (Fsp3) is 0.900. The molecule has 4 fully saturated rings. The van der Waals surface area contributed by atoms with Gasteiger partial charge in [0.25, 0.3) is 0 Å². The first kappa shape index (κ1) is 20.1. The fourth-order valence-corrected chi connectivity index (χ4v) is 7.89. The molecule has 8 heteroatoms. The van der Waals surface area contributed by atoms with Gasteiger partial charge in [0.15, 0.2) is 0 Å². The zero-order valence-corrected chi connectivity index (χ0v) is 17.1. The van der Waals surface area contributed by atoms with Crippen LogP contribution in [0.3, 0.4) is 0 Å². The highest BCUT2D eigenvalue weighted by Gasteiger charge is 2.48. The Bertz CT molecular complexity index is 720. The summed E-state index contributed by atoms with van der Waals surface area (Å²) in [6.07, 6.45) is 8.76. The van der Waals surface area contributed by atoms with Gasteiger partial charge in [0, 0.05) is 18.0 Å². The van der Waals surface area contributed by atoms with Crippen LogP contribution in [0, 0.1) is 23.7 Å². The number of amides is 1. The molecule has 0 aromatic carbocycles. The largest absolute Gasteiger partial charge is 0.481 e. The van der Waals surface area contributed by atoms with Crippen molar-refractivity contribution >= 4 is 21.9 Å². The minimum Gasteiger partial charge on any atom is -0.481 e. The Morgan fingerprint density at radius 2 is 1.54 bits per heavy atom. The zero-order valence-electron chi connectivity index (χ0n) is 16.3. The number of hydrogen-bond donors (Lipinski definition) is 3. The molecule has 0 bridgehead atoms. The first-order valence-electron chi connectivity index (χ1n) is 10.9. The maximum atomic E-state index is 13.2. The maximum absolute atomic E-state index is 13.2. The predicted octanol–water partition coefficient (Wildman–Crippen LogP) is 2.02. The first-order chi connectivity index (χ1) is 13.3. The predicted molar refractivity (Wildman–Crippen MR) is 104 cm³/mol. The summed E-state index contributed by atoms with van der Waals surface area (Å²) in [6.45, 7) is 0. The Hall–Kier alpha value is -1.15. The molecular weight excluding hydrogens is 380 g/mol. The number of carbonyl (C=O) groups is 2. The van der Waals surface area contributed by atoms with Crippen LogP contribution in [-0.2, 0) is 19.6 Å². The first-order valence-corrected chi connectivity index (χ1v) is 12.4. The lowest BCUT2D eigenvalue weighted by Crippen LogP contribution is -2.51. The molecule has 3 N–H and O–H groups in total. The number of fused-ring (bicyclic) bond motifs is 1. The monoisotopic (exact) mass is 412 g/mol. The normalized spacial score (nSPS) is 38.6. The molecule has 0 heterocycles. The zero-order chi connectivity index (χ0) is 19.9. The lowest BCUT2D eigenvalue weighted by molar-refractivity contribution is -0.143. The average Bonchev–Trinajstić information content (AvgIpc) is 3.38. The van der Waals surface area contributed by atoms with E-state index in [2.05, 4.69) is 10.0 Å². The molecular formula is C20H32N2O5S. The lowest BCUT2D eigenvalue weighted by Gasteiger charge is -2.38. The van der Waals surface area contributed by atoms with Crippen LogP contribution in [-0.4, -0.2) is 42.7 Å². The highest BCUT2D eigenvalue weighted by molar-refractivity contribution is 7.90. The van der Waals surface area contributed by atoms with Crippen molar-refractivity contribution in [3.63, 3.8) is 0 Å². The molecule has 4 saturated carbocycles. The highest BCUT2D eigenvalue weighted by Crippen LogP contribution is 2.47. The van der Waals surface area contributed by atoms with Crippen molar-refractivity contribution in [3.05, 3.63) is 0 Å². The van der Waals surface area contributed by atoms with Crippen molar-refractivity contribution in [3.8, 4) is 0 Å². The number of aliphatic carboxylic acids is 1. The van der Waals surface area contributed by atoms with Gasteiger partial charge in [-0.05, 0) is 69.6 Å². The standard InChI is InChI=1S/C20H32N2O5S/c23-19(12-7-8-12)21-15-4-2-5-16(11-15)22-28(26,27)18-10-14(20(24)25)9-13-3-1-6-17(13)18/h12-18,22H,1-11H2,(H,21,23)(H,24,25). The maximum Gasteiger partial charge on any atom is 0.306 e. The van der Waals surface area contributed by atoms with Crippen LogP contribution in [0.4, 0.5) is 0 Å². The van der Waals surface area contributed by atoms with E-state index in [4.69, 9.17) is 0 Å². The summed E-state index contributed by atoms with van der Waals surface area (Å²) in [4.78, 5) is 23.6. The minimum absolute atomic E-state index is 0.0342. The topological polar surface area (TPSA) is 113 Å². The fourth-order valence-electron chi connectivity index (χ4n) is 5.74. The van der Waals surface area contributed by atoms with E-state index in [0.717, 1.165) is 51.4 Å². The van der Waals surface area contributed by atoms with Crippen molar-refractivity contribution < 1.29 is 23.1 Å². The van der Waals surface area contributed by atoms with Crippen molar-refractivity contribution in [1.82, 2.24) is 10.0 Å². The Kier molecular flexibility index (Phi) is 5.71. The summed E-state index contributed by atoms with van der Waals surface area (Å²) in [5.41, 5.74) is 0. The van der Waals surface area contributed by atoms with Gasteiger partial charge in [0.2, 0.25) is 15.9 Å². The Morgan fingerprint density at radius 1 is 0.821 bits per heavy atom. The van der Waals surface area contributed by atoms with Crippen molar-refractivity contribution in [2.45, 2.75) is 88.0 Å². The summed E-state index contributed by atoms with van der Waals surface area (Å²) in [5, 5.41) is 12.0. The number of carboxylic acid groups (broad SMARTS) is 1. The molecule has 7 nitrogen and oxygen atoms in total. The second-order valence-corrected chi connectivity index (χ2v) is 11.3. The van der Waals surface area contributed by atoms with Gasteiger partial charge in [-0.3, -0.25) is 9.59 Å². The highest BCUT2D eigenvalue weighted by atomic mass is 32.2. The van der Waals surface area contributed by atoms with Crippen molar-refractivity contribution in [1.29, 1.82) is 0 Å². The molecule has 0 spiro atoms. The molecule has 0 aromatic heterocycles. The van der Waals surface area contributed by atoms with Crippen molar-refractivity contribution in [2.24, 2.45) is 23.7 Å². The SMILES string of the molecule is O=C(O)C1CC2CCCC2C(S(=O)(=O)NC2CCCC(NC(=O)C3CC3)C2)C1. The van der Waals surface area contributed by atoms with E-state index < -0.39 is 27.2 Å². The van der Waals surface area contributed by atoms with Crippen LogP contribution in [0.25, 0.3) is 0 Å². The van der Waals surface area contributed by atoms with E-state index in [1.807, 2.05) is 0 Å². The number of sulfonamides is 1. The van der Waals surface area contributed by atoms with E-state index in [1.165, 1.54) is 0 Å². The Morgan fingerprint density at radius 3 is 2.25 bits per heavy atom. The van der Waals surface area contributed by atoms with Crippen LogP contribution in [0.1, 0.15) is 70.6 Å². The van der Waals surface area contributed by atoms with Crippen LogP contribution >= 0.6 is 0 Å². The molecule has 4 aliphatic carbocycles. The lowest BCUT2D eigenvalue weighted by atomic mass is 9.75. The second-order valence-electron chi connectivity index (χ2n) is 9.41. The van der Waals surface area contributed by atoms with Gasteiger partial charge >= 0.3 is 5.97 Å². The van der Waals surface area contributed by atoms with Crippen molar-refractivity contribution in [2.75, 3.05) is 0 Å². The van der Waals surface area contributed by atoms with Crippen LogP contribution in [0.5, 0.6) is 0 Å². The third-order valence-electron chi connectivity index (χ3n) is 7.35. The average molecular weight is 413 g/mol. The molecule has 4 aliphatic rings. The quantitative estimate of drug-likeness (QED) is 0.618.